The molecule has 2 aromatic carbocycles. The van der Waals surface area contributed by atoms with E-state index in [1.807, 2.05) is 39.8 Å². The molecule has 0 fully saturated rings. The summed E-state index contributed by atoms with van der Waals surface area (Å²) in [5.41, 5.74) is 5.01. The second kappa shape index (κ2) is 6.16. The van der Waals surface area contributed by atoms with E-state index in [0.717, 1.165) is 22.3 Å². The quantitative estimate of drug-likeness (QED) is 0.769. The third-order valence-electron chi connectivity index (χ3n) is 4.18. The molecule has 132 valence electrons. The SMILES string of the molecule is Cc1cc(C)c(NC(=O)[C@H]2Nc3cc(C)ccc3S(=O)(=O)N2)c(C)c1. The van der Waals surface area contributed by atoms with Gasteiger partial charge in [0.15, 0.2) is 6.17 Å². The summed E-state index contributed by atoms with van der Waals surface area (Å²) >= 11 is 0. The zero-order valence-corrected chi connectivity index (χ0v) is 15.4. The predicted molar refractivity (Wildman–Crippen MR) is 98.2 cm³/mol. The Labute approximate surface area is 147 Å². The Morgan fingerprint density at radius 3 is 2.28 bits per heavy atom. The first kappa shape index (κ1) is 17.4. The number of sulfonamides is 1. The maximum absolute atomic E-state index is 12.6. The van der Waals surface area contributed by atoms with Crippen LogP contribution in [-0.4, -0.2) is 20.5 Å². The molecule has 2 aromatic rings. The van der Waals surface area contributed by atoms with Gasteiger partial charge in [0.2, 0.25) is 10.0 Å². The van der Waals surface area contributed by atoms with E-state index in [4.69, 9.17) is 0 Å². The fraction of sp³-hybridized carbons (Fsp3) is 0.278. The van der Waals surface area contributed by atoms with Gasteiger partial charge in [-0.2, -0.15) is 4.72 Å². The lowest BCUT2D eigenvalue weighted by atomic mass is 10.1. The zero-order valence-electron chi connectivity index (χ0n) is 14.6. The summed E-state index contributed by atoms with van der Waals surface area (Å²) in [5, 5.41) is 5.79. The lowest BCUT2D eigenvalue weighted by Gasteiger charge is -2.28. The molecule has 3 N–H and O–H groups in total. The first-order chi connectivity index (χ1) is 11.7. The van der Waals surface area contributed by atoms with Gasteiger partial charge in [0.25, 0.3) is 5.91 Å². The second-order valence-electron chi connectivity index (χ2n) is 6.46. The molecule has 0 aliphatic carbocycles. The van der Waals surface area contributed by atoms with Crippen LogP contribution in [0.4, 0.5) is 11.4 Å². The number of nitrogens with one attached hydrogen (secondary N) is 3. The monoisotopic (exact) mass is 359 g/mol. The van der Waals surface area contributed by atoms with Crippen molar-refractivity contribution < 1.29 is 13.2 Å². The Bertz CT molecular complexity index is 945. The Kier molecular flexibility index (Phi) is 4.30. The lowest BCUT2D eigenvalue weighted by molar-refractivity contribution is -0.117. The van der Waals surface area contributed by atoms with Crippen LogP contribution in [-0.2, 0) is 14.8 Å². The van der Waals surface area contributed by atoms with Crippen molar-refractivity contribution in [3.05, 3.63) is 52.6 Å². The molecular formula is C18H21N3O3S. The number of carbonyl (C=O) groups excluding carboxylic acids is 1. The summed E-state index contributed by atoms with van der Waals surface area (Å²) in [6.45, 7) is 7.67. The highest BCUT2D eigenvalue weighted by Gasteiger charge is 2.33. The molecule has 1 aliphatic rings. The number of benzene rings is 2. The highest BCUT2D eigenvalue weighted by atomic mass is 32.2. The summed E-state index contributed by atoms with van der Waals surface area (Å²) in [5.74, 6) is -0.453. The van der Waals surface area contributed by atoms with E-state index in [1.54, 1.807) is 12.1 Å². The first-order valence-electron chi connectivity index (χ1n) is 7.95. The van der Waals surface area contributed by atoms with Crippen LogP contribution in [0.25, 0.3) is 0 Å². The molecule has 0 saturated heterocycles. The van der Waals surface area contributed by atoms with Gasteiger partial charge in [-0.05, 0) is 56.5 Å². The van der Waals surface area contributed by atoms with Crippen molar-refractivity contribution in [2.45, 2.75) is 38.8 Å². The molecule has 7 heteroatoms. The summed E-state index contributed by atoms with van der Waals surface area (Å²) in [6, 6.07) is 8.91. The van der Waals surface area contributed by atoms with Gasteiger partial charge in [-0.3, -0.25) is 4.79 Å². The molecule has 3 rings (SSSR count). The van der Waals surface area contributed by atoms with Gasteiger partial charge in [0, 0.05) is 5.69 Å². The van der Waals surface area contributed by atoms with Gasteiger partial charge in [-0.15, -0.1) is 0 Å². The molecule has 0 spiro atoms. The highest BCUT2D eigenvalue weighted by Crippen LogP contribution is 2.28. The van der Waals surface area contributed by atoms with Crippen molar-refractivity contribution in [3.8, 4) is 0 Å². The van der Waals surface area contributed by atoms with Gasteiger partial charge in [-0.25, -0.2) is 8.42 Å². The third-order valence-corrected chi connectivity index (χ3v) is 5.67. The van der Waals surface area contributed by atoms with Crippen molar-refractivity contribution in [2.24, 2.45) is 0 Å². The summed E-state index contributed by atoms with van der Waals surface area (Å²) in [6.07, 6.45) is -1.07. The van der Waals surface area contributed by atoms with Crippen molar-refractivity contribution in [2.75, 3.05) is 10.6 Å². The van der Waals surface area contributed by atoms with Crippen LogP contribution in [0.2, 0.25) is 0 Å². The second-order valence-corrected chi connectivity index (χ2v) is 8.14. The molecule has 0 saturated carbocycles. The van der Waals surface area contributed by atoms with E-state index in [2.05, 4.69) is 15.4 Å². The highest BCUT2D eigenvalue weighted by molar-refractivity contribution is 7.89. The average molecular weight is 359 g/mol. The number of aryl methyl sites for hydroxylation is 4. The fourth-order valence-electron chi connectivity index (χ4n) is 3.09. The van der Waals surface area contributed by atoms with E-state index in [0.29, 0.717) is 11.4 Å². The van der Waals surface area contributed by atoms with Gasteiger partial charge in [-0.1, -0.05) is 23.8 Å². The van der Waals surface area contributed by atoms with Crippen LogP contribution < -0.4 is 15.4 Å². The molecule has 1 amide bonds. The van der Waals surface area contributed by atoms with Gasteiger partial charge in [0.05, 0.1) is 5.69 Å². The lowest BCUT2D eigenvalue weighted by Crippen LogP contribution is -2.51. The van der Waals surface area contributed by atoms with Crippen molar-refractivity contribution >= 4 is 27.3 Å². The molecule has 1 atom stereocenters. The Balaban J connectivity index is 1.90. The number of rotatable bonds is 2. The summed E-state index contributed by atoms with van der Waals surface area (Å²) in [7, 11) is -3.75. The number of hydrogen-bond acceptors (Lipinski definition) is 4. The maximum atomic E-state index is 12.6. The van der Waals surface area contributed by atoms with Crippen LogP contribution in [0.1, 0.15) is 22.3 Å². The number of fused-ring (bicyclic) bond motifs is 1. The van der Waals surface area contributed by atoms with Gasteiger partial charge >= 0.3 is 0 Å². The maximum Gasteiger partial charge on any atom is 0.262 e. The van der Waals surface area contributed by atoms with E-state index in [-0.39, 0.29) is 4.90 Å². The van der Waals surface area contributed by atoms with E-state index < -0.39 is 22.1 Å². The van der Waals surface area contributed by atoms with Crippen LogP contribution in [0, 0.1) is 27.7 Å². The first-order valence-corrected chi connectivity index (χ1v) is 9.44. The zero-order chi connectivity index (χ0) is 18.4. The van der Waals surface area contributed by atoms with Crippen LogP contribution in [0.3, 0.4) is 0 Å². The Hall–Kier alpha value is -2.38. The van der Waals surface area contributed by atoms with E-state index >= 15 is 0 Å². The van der Waals surface area contributed by atoms with E-state index in [9.17, 15) is 13.2 Å². The van der Waals surface area contributed by atoms with Gasteiger partial charge in [0.1, 0.15) is 4.90 Å². The Morgan fingerprint density at radius 1 is 1.00 bits per heavy atom. The Morgan fingerprint density at radius 2 is 1.64 bits per heavy atom. The van der Waals surface area contributed by atoms with E-state index in [1.165, 1.54) is 6.07 Å². The molecule has 0 unspecified atom stereocenters. The minimum Gasteiger partial charge on any atom is -0.360 e. The fourth-order valence-corrected chi connectivity index (χ4v) is 4.34. The molecule has 0 aromatic heterocycles. The summed E-state index contributed by atoms with van der Waals surface area (Å²) < 4.78 is 27.2. The normalized spacial score (nSPS) is 18.2. The molecule has 6 nitrogen and oxygen atoms in total. The number of carbonyl (C=O) groups is 1. The molecule has 0 radical (unpaired) electrons. The minimum absolute atomic E-state index is 0.143. The standard InChI is InChI=1S/C18H21N3O3S/c1-10-5-6-15-14(9-10)19-17(21-25(15,23)24)18(22)20-16-12(3)7-11(2)8-13(16)4/h5-9,17,19,21H,1-4H3,(H,20,22)/t17-/m0/s1. The molecule has 0 bridgehead atoms. The number of hydrogen-bond donors (Lipinski definition) is 3. The smallest absolute Gasteiger partial charge is 0.262 e. The van der Waals surface area contributed by atoms with Crippen LogP contribution >= 0.6 is 0 Å². The molecule has 1 aliphatic heterocycles. The molecular weight excluding hydrogens is 338 g/mol. The minimum atomic E-state index is -3.75. The predicted octanol–water partition coefficient (Wildman–Crippen LogP) is 2.59. The molecule has 1 heterocycles. The van der Waals surface area contributed by atoms with Crippen LogP contribution in [0.5, 0.6) is 0 Å². The van der Waals surface area contributed by atoms with Crippen molar-refractivity contribution in [3.63, 3.8) is 0 Å². The van der Waals surface area contributed by atoms with Crippen LogP contribution in [0.15, 0.2) is 35.2 Å². The topological polar surface area (TPSA) is 87.3 Å². The summed E-state index contributed by atoms with van der Waals surface area (Å²) in [4.78, 5) is 12.8. The number of amides is 1. The molecule has 25 heavy (non-hydrogen) atoms. The van der Waals surface area contributed by atoms with Gasteiger partial charge < -0.3 is 10.6 Å². The third kappa shape index (κ3) is 3.38. The largest absolute Gasteiger partial charge is 0.360 e. The number of anilines is 2. The average Bonchev–Trinajstić information content (AvgIpc) is 2.49. The van der Waals surface area contributed by atoms with Crippen molar-refractivity contribution in [1.82, 2.24) is 4.72 Å². The van der Waals surface area contributed by atoms with Crippen molar-refractivity contribution in [1.29, 1.82) is 0 Å².